The number of rotatable bonds is 4. The van der Waals surface area contributed by atoms with Crippen LogP contribution in [-0.4, -0.2) is 12.6 Å². The number of ether oxygens (including phenoxy) is 1. The molecule has 0 fully saturated rings. The van der Waals surface area contributed by atoms with Crippen molar-refractivity contribution in [1.82, 2.24) is 0 Å². The minimum atomic E-state index is -0.134. The van der Waals surface area contributed by atoms with Gasteiger partial charge in [-0.1, -0.05) is 13.5 Å². The fourth-order valence-electron chi connectivity index (χ4n) is 0.480. The van der Waals surface area contributed by atoms with Gasteiger partial charge in [0.05, 0.1) is 0 Å². The molecule has 0 rings (SSSR count). The van der Waals surface area contributed by atoms with Gasteiger partial charge < -0.3 is 4.74 Å². The van der Waals surface area contributed by atoms with Gasteiger partial charge in [0, 0.05) is 6.42 Å². The lowest BCUT2D eigenvalue weighted by Gasteiger charge is -2.01. The maximum atomic E-state index is 10.7. The van der Waals surface area contributed by atoms with Gasteiger partial charge in [-0.15, -0.1) is 0 Å². The van der Waals surface area contributed by atoms with E-state index in [9.17, 15) is 4.79 Å². The molecule has 0 amide bonds. The standard InChI is InChI=1S/C8H14O2/c1-4-5-8(9)10-6-7(2)3/h2,4-6H2,1,3H3. The molecule has 0 spiro atoms. The highest BCUT2D eigenvalue weighted by Gasteiger charge is 1.98. The molecule has 10 heavy (non-hydrogen) atoms. The van der Waals surface area contributed by atoms with Crippen molar-refractivity contribution in [1.29, 1.82) is 0 Å². The van der Waals surface area contributed by atoms with Gasteiger partial charge in [0.15, 0.2) is 0 Å². The van der Waals surface area contributed by atoms with Gasteiger partial charge in [-0.2, -0.15) is 0 Å². The number of hydrogen-bond donors (Lipinski definition) is 0. The Morgan fingerprint density at radius 3 is 2.60 bits per heavy atom. The summed E-state index contributed by atoms with van der Waals surface area (Å²) in [4.78, 5) is 10.7. The van der Waals surface area contributed by atoms with Crippen molar-refractivity contribution < 1.29 is 9.53 Å². The van der Waals surface area contributed by atoms with Crippen molar-refractivity contribution >= 4 is 5.97 Å². The highest BCUT2D eigenvalue weighted by molar-refractivity contribution is 5.69. The first kappa shape index (κ1) is 9.21. The molecule has 0 aliphatic heterocycles. The molecule has 0 unspecified atom stereocenters. The van der Waals surface area contributed by atoms with E-state index in [1.807, 2.05) is 13.8 Å². The summed E-state index contributed by atoms with van der Waals surface area (Å²) in [6.45, 7) is 7.75. The second kappa shape index (κ2) is 5.03. The summed E-state index contributed by atoms with van der Waals surface area (Å²) in [7, 11) is 0. The Hall–Kier alpha value is -0.790. The zero-order valence-electron chi connectivity index (χ0n) is 6.64. The van der Waals surface area contributed by atoms with Crippen LogP contribution in [0.3, 0.4) is 0 Å². The van der Waals surface area contributed by atoms with E-state index in [4.69, 9.17) is 4.74 Å². The number of carbonyl (C=O) groups is 1. The number of carbonyl (C=O) groups excluding carboxylic acids is 1. The van der Waals surface area contributed by atoms with E-state index in [2.05, 4.69) is 6.58 Å². The summed E-state index contributed by atoms with van der Waals surface area (Å²) in [5.74, 6) is -0.134. The van der Waals surface area contributed by atoms with Crippen LogP contribution in [-0.2, 0) is 9.53 Å². The van der Waals surface area contributed by atoms with Crippen LogP contribution in [0.5, 0.6) is 0 Å². The summed E-state index contributed by atoms with van der Waals surface area (Å²) < 4.78 is 4.81. The number of esters is 1. The zero-order valence-corrected chi connectivity index (χ0v) is 6.64. The molecule has 0 radical (unpaired) electrons. The molecule has 0 atom stereocenters. The van der Waals surface area contributed by atoms with Gasteiger partial charge >= 0.3 is 5.97 Å². The summed E-state index contributed by atoms with van der Waals surface area (Å²) in [5, 5.41) is 0. The third kappa shape index (κ3) is 5.35. The predicted molar refractivity (Wildman–Crippen MR) is 40.7 cm³/mol. The highest BCUT2D eigenvalue weighted by Crippen LogP contribution is 1.94. The second-order valence-electron chi connectivity index (χ2n) is 2.37. The summed E-state index contributed by atoms with van der Waals surface area (Å²) in [6, 6.07) is 0. The van der Waals surface area contributed by atoms with Gasteiger partial charge in [-0.3, -0.25) is 4.79 Å². The van der Waals surface area contributed by atoms with E-state index < -0.39 is 0 Å². The van der Waals surface area contributed by atoms with Crippen molar-refractivity contribution in [2.75, 3.05) is 6.61 Å². The van der Waals surface area contributed by atoms with Crippen LogP contribution in [0.4, 0.5) is 0 Å². The molecule has 0 heterocycles. The monoisotopic (exact) mass is 142 g/mol. The summed E-state index contributed by atoms with van der Waals surface area (Å²) in [6.07, 6.45) is 1.35. The lowest BCUT2D eigenvalue weighted by atomic mass is 10.3. The van der Waals surface area contributed by atoms with Crippen molar-refractivity contribution in [2.24, 2.45) is 0 Å². The van der Waals surface area contributed by atoms with E-state index in [0.717, 1.165) is 12.0 Å². The number of hydrogen-bond acceptors (Lipinski definition) is 2. The Kier molecular flexibility index (Phi) is 4.63. The van der Waals surface area contributed by atoms with E-state index in [1.165, 1.54) is 0 Å². The largest absolute Gasteiger partial charge is 0.461 e. The lowest BCUT2D eigenvalue weighted by Crippen LogP contribution is -2.04. The molecule has 0 saturated heterocycles. The Labute approximate surface area is 61.9 Å². The molecule has 2 heteroatoms. The molecule has 58 valence electrons. The van der Waals surface area contributed by atoms with Crippen LogP contribution in [0.1, 0.15) is 26.7 Å². The van der Waals surface area contributed by atoms with Gasteiger partial charge in [-0.05, 0) is 18.9 Å². The van der Waals surface area contributed by atoms with Crippen LogP contribution in [0.25, 0.3) is 0 Å². The molecule has 0 bridgehead atoms. The van der Waals surface area contributed by atoms with Crippen molar-refractivity contribution in [3.8, 4) is 0 Å². The van der Waals surface area contributed by atoms with Gasteiger partial charge in [-0.25, -0.2) is 0 Å². The van der Waals surface area contributed by atoms with E-state index >= 15 is 0 Å². The first-order valence-corrected chi connectivity index (χ1v) is 3.46. The minimum absolute atomic E-state index is 0.134. The Morgan fingerprint density at radius 1 is 1.60 bits per heavy atom. The molecule has 0 aromatic heterocycles. The molecule has 2 nitrogen and oxygen atoms in total. The van der Waals surface area contributed by atoms with Crippen LogP contribution in [0.2, 0.25) is 0 Å². The lowest BCUT2D eigenvalue weighted by molar-refractivity contribution is -0.142. The van der Waals surface area contributed by atoms with E-state index in [-0.39, 0.29) is 5.97 Å². The van der Waals surface area contributed by atoms with Crippen LogP contribution in [0, 0.1) is 0 Å². The average Bonchev–Trinajstić information content (AvgIpc) is 1.85. The average molecular weight is 142 g/mol. The van der Waals surface area contributed by atoms with Gasteiger partial charge in [0.25, 0.3) is 0 Å². The van der Waals surface area contributed by atoms with Crippen LogP contribution < -0.4 is 0 Å². The summed E-state index contributed by atoms with van der Waals surface area (Å²) >= 11 is 0. The third-order valence-corrected chi connectivity index (χ3v) is 0.934. The van der Waals surface area contributed by atoms with Crippen molar-refractivity contribution in [3.05, 3.63) is 12.2 Å². The first-order chi connectivity index (χ1) is 4.66. The SMILES string of the molecule is C=C(C)COC(=O)CCC. The molecular weight excluding hydrogens is 128 g/mol. The molecule has 0 aliphatic carbocycles. The topological polar surface area (TPSA) is 26.3 Å². The fraction of sp³-hybridized carbons (Fsp3) is 0.625. The predicted octanol–water partition coefficient (Wildman–Crippen LogP) is 1.91. The molecule has 0 aromatic rings. The quantitative estimate of drug-likeness (QED) is 0.442. The first-order valence-electron chi connectivity index (χ1n) is 3.46. The maximum absolute atomic E-state index is 10.7. The minimum Gasteiger partial charge on any atom is -0.461 e. The summed E-state index contributed by atoms with van der Waals surface area (Å²) in [5.41, 5.74) is 0.879. The molecule has 0 N–H and O–H groups in total. The smallest absolute Gasteiger partial charge is 0.306 e. The van der Waals surface area contributed by atoms with Crippen molar-refractivity contribution in [3.63, 3.8) is 0 Å². The van der Waals surface area contributed by atoms with Crippen LogP contribution >= 0.6 is 0 Å². The van der Waals surface area contributed by atoms with E-state index in [0.29, 0.717) is 13.0 Å². The zero-order chi connectivity index (χ0) is 7.98. The molecular formula is C8H14O2. The maximum Gasteiger partial charge on any atom is 0.306 e. The Morgan fingerprint density at radius 2 is 2.20 bits per heavy atom. The van der Waals surface area contributed by atoms with Gasteiger partial charge in [0.1, 0.15) is 6.61 Å². The van der Waals surface area contributed by atoms with E-state index in [1.54, 1.807) is 0 Å². The molecule has 0 aliphatic rings. The van der Waals surface area contributed by atoms with Gasteiger partial charge in [0.2, 0.25) is 0 Å². The highest BCUT2D eigenvalue weighted by atomic mass is 16.5. The normalized spacial score (nSPS) is 9.00. The third-order valence-electron chi connectivity index (χ3n) is 0.934. The van der Waals surface area contributed by atoms with Crippen LogP contribution in [0.15, 0.2) is 12.2 Å². The fourth-order valence-corrected chi connectivity index (χ4v) is 0.480. The Bertz CT molecular complexity index is 127. The van der Waals surface area contributed by atoms with Crippen molar-refractivity contribution in [2.45, 2.75) is 26.7 Å². The molecule has 0 saturated carbocycles. The molecule has 0 aromatic carbocycles. The second-order valence-corrected chi connectivity index (χ2v) is 2.37. The Balaban J connectivity index is 3.30.